The average Bonchev–Trinajstić information content (AvgIpc) is 2.43. The van der Waals surface area contributed by atoms with Gasteiger partial charge in [-0.2, -0.15) is 10.5 Å². The number of amidine groups is 1. The van der Waals surface area contributed by atoms with E-state index >= 15 is 0 Å². The monoisotopic (exact) mass is 250 g/mol. The van der Waals surface area contributed by atoms with E-state index in [0.717, 1.165) is 11.5 Å². The number of aliphatic imine (C=N–C) groups is 1. The molecule has 0 aliphatic carbocycles. The molecular formula is C13H18N2OS. The zero-order chi connectivity index (χ0) is 12.4. The molecule has 0 fully saturated rings. The molecule has 0 saturated carbocycles. The van der Waals surface area contributed by atoms with E-state index in [0.29, 0.717) is 11.2 Å². The maximum absolute atomic E-state index is 5.01. The summed E-state index contributed by atoms with van der Waals surface area (Å²) in [6.07, 6.45) is 0. The van der Waals surface area contributed by atoms with Gasteiger partial charge in [0.2, 0.25) is 0 Å². The molecule has 0 spiro atoms. The summed E-state index contributed by atoms with van der Waals surface area (Å²) < 4.78 is 0. The van der Waals surface area contributed by atoms with Crippen LogP contribution in [0.1, 0.15) is 13.8 Å². The van der Waals surface area contributed by atoms with Gasteiger partial charge in [-0.1, -0.05) is 31.9 Å². The van der Waals surface area contributed by atoms with Crippen LogP contribution in [-0.2, 0) is 4.84 Å². The second-order valence-electron chi connectivity index (χ2n) is 4.19. The number of fused-ring (bicyclic) bond motifs is 1. The predicted octanol–water partition coefficient (Wildman–Crippen LogP) is 2.97. The Morgan fingerprint density at radius 3 is 2.76 bits per heavy atom. The van der Waals surface area contributed by atoms with Crippen LogP contribution in [0.2, 0.25) is 0 Å². The number of hydroxylamine groups is 1. The van der Waals surface area contributed by atoms with Crippen LogP contribution in [0, 0.1) is 5.92 Å². The Morgan fingerprint density at radius 2 is 2.06 bits per heavy atom. The van der Waals surface area contributed by atoms with Crippen LogP contribution in [0.3, 0.4) is 0 Å². The molecule has 4 heteroatoms. The number of hydrogen-bond acceptors (Lipinski definition) is 3. The smallest absolute Gasteiger partial charge is 0.130 e. The van der Waals surface area contributed by atoms with Gasteiger partial charge in [0.25, 0.3) is 0 Å². The lowest BCUT2D eigenvalue weighted by molar-refractivity contribution is 0.140. The molecule has 1 N–H and O–H groups in total. The normalized spacial score (nSPS) is 27.9. The molecule has 0 saturated heterocycles. The quantitative estimate of drug-likeness (QED) is 0.614. The Labute approximate surface area is 105 Å². The molecule has 3 unspecified atom stereocenters. The van der Waals surface area contributed by atoms with E-state index in [1.54, 1.807) is 7.11 Å². The van der Waals surface area contributed by atoms with E-state index in [4.69, 9.17) is 4.84 Å². The van der Waals surface area contributed by atoms with Crippen molar-refractivity contribution in [2.24, 2.45) is 10.9 Å². The van der Waals surface area contributed by atoms with Gasteiger partial charge in [0, 0.05) is 16.1 Å². The van der Waals surface area contributed by atoms with Gasteiger partial charge in [-0.25, -0.2) is 4.99 Å². The lowest BCUT2D eigenvalue weighted by Gasteiger charge is -2.21. The molecule has 1 aromatic rings. The van der Waals surface area contributed by atoms with Gasteiger partial charge in [-0.15, -0.1) is 0 Å². The SMILES string of the molecule is C=S1c2ccccc2N=C(NOC)C(C)C1C. The Hall–Kier alpha value is -1.13. The summed E-state index contributed by atoms with van der Waals surface area (Å²) in [6, 6.07) is 8.20. The molecule has 2 rings (SSSR count). The first-order valence-electron chi connectivity index (χ1n) is 5.64. The third kappa shape index (κ3) is 2.28. The fourth-order valence-corrected chi connectivity index (χ4v) is 3.55. The van der Waals surface area contributed by atoms with Gasteiger partial charge in [0.15, 0.2) is 0 Å². The summed E-state index contributed by atoms with van der Waals surface area (Å²) in [7, 11) is 1.57. The summed E-state index contributed by atoms with van der Waals surface area (Å²) in [5.74, 6) is 5.50. The largest absolute Gasteiger partial charge is 0.278 e. The van der Waals surface area contributed by atoms with E-state index in [1.165, 1.54) is 4.90 Å². The molecule has 0 amide bonds. The van der Waals surface area contributed by atoms with Crippen molar-refractivity contribution in [1.82, 2.24) is 5.48 Å². The lowest BCUT2D eigenvalue weighted by Crippen LogP contribution is -2.32. The second-order valence-corrected chi connectivity index (χ2v) is 6.23. The van der Waals surface area contributed by atoms with Crippen molar-refractivity contribution >= 4 is 27.9 Å². The molecule has 3 nitrogen and oxygen atoms in total. The van der Waals surface area contributed by atoms with Crippen molar-refractivity contribution < 1.29 is 4.84 Å². The first kappa shape index (κ1) is 12.3. The Bertz CT molecular complexity index is 470. The van der Waals surface area contributed by atoms with Crippen molar-refractivity contribution in [2.75, 3.05) is 7.11 Å². The van der Waals surface area contributed by atoms with E-state index < -0.39 is 0 Å². The third-order valence-corrected chi connectivity index (χ3v) is 5.40. The number of benzene rings is 1. The van der Waals surface area contributed by atoms with Crippen LogP contribution in [0.15, 0.2) is 34.2 Å². The Morgan fingerprint density at radius 1 is 1.35 bits per heavy atom. The highest BCUT2D eigenvalue weighted by Crippen LogP contribution is 2.42. The van der Waals surface area contributed by atoms with E-state index in [2.05, 4.69) is 36.3 Å². The standard InChI is InChI=1S/C13H18N2OS/c1-9-10(2)17(4)12-8-6-5-7-11(12)14-13(9)15-16-3/h5-10H,4H2,1-3H3,(H,14,15). The van der Waals surface area contributed by atoms with Crippen molar-refractivity contribution in [2.45, 2.75) is 24.0 Å². The van der Waals surface area contributed by atoms with Gasteiger partial charge in [0.1, 0.15) is 5.84 Å². The molecule has 1 aliphatic rings. The summed E-state index contributed by atoms with van der Waals surface area (Å²) in [5.41, 5.74) is 3.89. The number of rotatable bonds is 1. The van der Waals surface area contributed by atoms with Gasteiger partial charge in [0.05, 0.1) is 12.8 Å². The molecule has 17 heavy (non-hydrogen) atoms. The molecule has 0 radical (unpaired) electrons. The summed E-state index contributed by atoms with van der Waals surface area (Å²) in [6.45, 7) is 4.38. The van der Waals surface area contributed by atoms with Crippen LogP contribution >= 0.6 is 10.5 Å². The molecule has 0 bridgehead atoms. The van der Waals surface area contributed by atoms with Crippen molar-refractivity contribution in [3.8, 4) is 0 Å². The first-order chi connectivity index (χ1) is 8.15. The lowest BCUT2D eigenvalue weighted by atomic mass is 10.1. The minimum absolute atomic E-state index is 0.0418. The highest BCUT2D eigenvalue weighted by molar-refractivity contribution is 8.14. The molecule has 1 heterocycles. The van der Waals surface area contributed by atoms with E-state index in [-0.39, 0.29) is 10.5 Å². The van der Waals surface area contributed by atoms with E-state index in [1.807, 2.05) is 18.2 Å². The first-order valence-corrected chi connectivity index (χ1v) is 7.10. The summed E-state index contributed by atoms with van der Waals surface area (Å²) >= 11 is 0. The second kappa shape index (κ2) is 5.02. The van der Waals surface area contributed by atoms with Gasteiger partial charge < -0.3 is 0 Å². The zero-order valence-electron chi connectivity index (χ0n) is 10.4. The molecule has 3 atom stereocenters. The third-order valence-electron chi connectivity index (χ3n) is 3.18. The Balaban J connectivity index is 2.52. The van der Waals surface area contributed by atoms with Crippen LogP contribution in [0.5, 0.6) is 0 Å². The van der Waals surface area contributed by atoms with E-state index in [9.17, 15) is 0 Å². The van der Waals surface area contributed by atoms with Crippen LogP contribution in [0.25, 0.3) is 0 Å². The summed E-state index contributed by atoms with van der Waals surface area (Å²) in [5, 5.41) is 0.444. The average molecular weight is 250 g/mol. The zero-order valence-corrected chi connectivity index (χ0v) is 11.3. The van der Waals surface area contributed by atoms with Crippen LogP contribution in [-0.4, -0.2) is 24.1 Å². The molecule has 1 aromatic carbocycles. The topological polar surface area (TPSA) is 33.6 Å². The minimum atomic E-state index is -0.0418. The van der Waals surface area contributed by atoms with Gasteiger partial charge in [-0.3, -0.25) is 10.3 Å². The van der Waals surface area contributed by atoms with Crippen LogP contribution < -0.4 is 5.48 Å². The van der Waals surface area contributed by atoms with Crippen molar-refractivity contribution in [3.63, 3.8) is 0 Å². The minimum Gasteiger partial charge on any atom is -0.278 e. The molecular weight excluding hydrogens is 232 g/mol. The maximum Gasteiger partial charge on any atom is 0.130 e. The van der Waals surface area contributed by atoms with Crippen molar-refractivity contribution in [1.29, 1.82) is 0 Å². The van der Waals surface area contributed by atoms with Gasteiger partial charge in [-0.05, 0) is 12.1 Å². The maximum atomic E-state index is 5.01. The molecule has 1 aliphatic heterocycles. The fraction of sp³-hybridized carbons (Fsp3) is 0.385. The predicted molar refractivity (Wildman–Crippen MR) is 75.3 cm³/mol. The number of para-hydroxylation sites is 1. The molecule has 92 valence electrons. The fourth-order valence-electron chi connectivity index (χ4n) is 1.89. The highest BCUT2D eigenvalue weighted by Gasteiger charge is 2.25. The Kier molecular flexibility index (Phi) is 3.64. The number of nitrogens with one attached hydrogen (secondary N) is 1. The van der Waals surface area contributed by atoms with Gasteiger partial charge >= 0.3 is 0 Å². The summed E-state index contributed by atoms with van der Waals surface area (Å²) in [4.78, 5) is 10.9. The number of nitrogens with zero attached hydrogens (tertiary/aromatic N) is 1. The van der Waals surface area contributed by atoms with Crippen LogP contribution in [0.4, 0.5) is 5.69 Å². The number of hydrogen-bond donors (Lipinski definition) is 1. The van der Waals surface area contributed by atoms with Crippen molar-refractivity contribution in [3.05, 3.63) is 24.3 Å². The highest BCUT2D eigenvalue weighted by atomic mass is 32.2. The molecule has 0 aromatic heterocycles.